The number of nitrogens with one attached hydrogen (secondary N) is 2. The van der Waals surface area contributed by atoms with Crippen LogP contribution in [0.1, 0.15) is 17.0 Å². The summed E-state index contributed by atoms with van der Waals surface area (Å²) in [6, 6.07) is 3.87. The molecule has 0 fully saturated rings. The Balaban J connectivity index is 2.42. The van der Waals surface area contributed by atoms with Gasteiger partial charge in [0.25, 0.3) is 10.0 Å². The molecule has 7 heteroatoms. The highest BCUT2D eigenvalue weighted by molar-refractivity contribution is 7.92. The molecule has 2 N–H and O–H groups in total. The molecule has 0 atom stereocenters. The van der Waals surface area contributed by atoms with E-state index in [1.165, 1.54) is 18.2 Å². The van der Waals surface area contributed by atoms with Crippen LogP contribution < -0.4 is 4.72 Å². The number of anilines is 1. The molecule has 0 saturated heterocycles. The number of H-pyrrole nitrogens is 1. The van der Waals surface area contributed by atoms with Gasteiger partial charge < -0.3 is 0 Å². The molecule has 0 radical (unpaired) electrons. The van der Waals surface area contributed by atoms with Gasteiger partial charge in [-0.15, -0.1) is 0 Å². The Morgan fingerprint density at radius 1 is 1.26 bits per heavy atom. The zero-order chi connectivity index (χ0) is 14.2. The number of nitrogens with zero attached hydrogens (tertiary/aromatic N) is 1. The molecule has 0 amide bonds. The van der Waals surface area contributed by atoms with Crippen molar-refractivity contribution < 1.29 is 12.8 Å². The minimum atomic E-state index is -3.73. The minimum Gasteiger partial charge on any atom is -0.281 e. The quantitative estimate of drug-likeness (QED) is 0.907. The van der Waals surface area contributed by atoms with Crippen molar-refractivity contribution in [2.24, 2.45) is 0 Å². The molecule has 102 valence electrons. The first-order chi connectivity index (χ1) is 8.81. The molecule has 0 unspecified atom stereocenters. The summed E-state index contributed by atoms with van der Waals surface area (Å²) in [5.74, 6) is -0.406. The van der Waals surface area contributed by atoms with Gasteiger partial charge in [-0.05, 0) is 44.5 Å². The van der Waals surface area contributed by atoms with Crippen LogP contribution in [0, 0.1) is 26.6 Å². The van der Waals surface area contributed by atoms with E-state index in [1.807, 2.05) is 0 Å². The highest BCUT2D eigenvalue weighted by Gasteiger charge is 2.22. The number of hydrogen-bond donors (Lipinski definition) is 2. The van der Waals surface area contributed by atoms with Crippen LogP contribution in [0.2, 0.25) is 0 Å². The Hall–Kier alpha value is -1.89. The number of hydrogen-bond acceptors (Lipinski definition) is 3. The maximum absolute atomic E-state index is 13.0. The number of aromatic nitrogens is 2. The topological polar surface area (TPSA) is 74.8 Å². The predicted octanol–water partition coefficient (Wildman–Crippen LogP) is 2.27. The number of rotatable bonds is 3. The lowest BCUT2D eigenvalue weighted by Gasteiger charge is -2.10. The van der Waals surface area contributed by atoms with E-state index < -0.39 is 15.8 Å². The Labute approximate surface area is 110 Å². The van der Waals surface area contributed by atoms with Gasteiger partial charge >= 0.3 is 0 Å². The first-order valence-electron chi connectivity index (χ1n) is 5.62. The average Bonchev–Trinajstić information content (AvgIpc) is 2.63. The van der Waals surface area contributed by atoms with E-state index in [1.54, 1.807) is 20.8 Å². The molecule has 19 heavy (non-hydrogen) atoms. The summed E-state index contributed by atoms with van der Waals surface area (Å²) in [5, 5.41) is 6.48. The average molecular weight is 283 g/mol. The molecule has 2 aromatic rings. The van der Waals surface area contributed by atoms with E-state index in [9.17, 15) is 12.8 Å². The molecule has 0 aliphatic carbocycles. The molecule has 1 aromatic heterocycles. The van der Waals surface area contributed by atoms with Crippen molar-refractivity contribution in [1.29, 1.82) is 0 Å². The van der Waals surface area contributed by atoms with Gasteiger partial charge in [0.15, 0.2) is 0 Å². The standard InChI is InChI=1S/C12H14FN3O2S/c1-7-6-10(13)4-5-11(7)16-19(17,18)12-8(2)14-15-9(12)3/h4-6,16H,1-3H3,(H,14,15). The molecular formula is C12H14FN3O2S. The summed E-state index contributed by atoms with van der Waals surface area (Å²) < 4.78 is 40.0. The van der Waals surface area contributed by atoms with Gasteiger partial charge in [-0.2, -0.15) is 5.10 Å². The SMILES string of the molecule is Cc1cc(F)ccc1NS(=O)(=O)c1c(C)n[nH]c1C. The highest BCUT2D eigenvalue weighted by atomic mass is 32.2. The summed E-state index contributed by atoms with van der Waals surface area (Å²) in [7, 11) is -3.73. The Bertz CT molecular complexity index is 703. The van der Waals surface area contributed by atoms with Crippen LogP contribution in [0.3, 0.4) is 0 Å². The van der Waals surface area contributed by atoms with E-state index in [4.69, 9.17) is 0 Å². The second-order valence-electron chi connectivity index (χ2n) is 4.33. The van der Waals surface area contributed by atoms with Gasteiger partial charge in [-0.1, -0.05) is 0 Å². The van der Waals surface area contributed by atoms with Crippen molar-refractivity contribution in [2.75, 3.05) is 4.72 Å². The largest absolute Gasteiger partial charge is 0.281 e. The van der Waals surface area contributed by atoms with Crippen molar-refractivity contribution in [3.05, 3.63) is 41.0 Å². The molecule has 0 spiro atoms. The van der Waals surface area contributed by atoms with Crippen molar-refractivity contribution in [3.8, 4) is 0 Å². The zero-order valence-electron chi connectivity index (χ0n) is 10.8. The molecule has 0 aliphatic rings. The molecule has 1 aromatic carbocycles. The van der Waals surface area contributed by atoms with Gasteiger partial charge in [0.05, 0.1) is 17.1 Å². The molecule has 0 aliphatic heterocycles. The summed E-state index contributed by atoms with van der Waals surface area (Å²) in [5.41, 5.74) is 1.72. The van der Waals surface area contributed by atoms with Gasteiger partial charge in [0.2, 0.25) is 0 Å². The highest BCUT2D eigenvalue weighted by Crippen LogP contribution is 2.23. The van der Waals surface area contributed by atoms with Crippen LogP contribution in [0.5, 0.6) is 0 Å². The number of halogens is 1. The molecule has 1 heterocycles. The van der Waals surface area contributed by atoms with E-state index >= 15 is 0 Å². The summed E-state index contributed by atoms with van der Waals surface area (Å²) >= 11 is 0. The van der Waals surface area contributed by atoms with Gasteiger partial charge in [-0.3, -0.25) is 9.82 Å². The van der Waals surface area contributed by atoms with Gasteiger partial charge in [0, 0.05) is 0 Å². The predicted molar refractivity (Wildman–Crippen MR) is 70.0 cm³/mol. The third-order valence-corrected chi connectivity index (χ3v) is 4.39. The molecule has 2 rings (SSSR count). The third kappa shape index (κ3) is 2.60. The van der Waals surface area contributed by atoms with Crippen LogP contribution in [0.4, 0.5) is 10.1 Å². The van der Waals surface area contributed by atoms with E-state index in [0.717, 1.165) is 0 Å². The van der Waals surface area contributed by atoms with E-state index in [-0.39, 0.29) is 4.90 Å². The van der Waals surface area contributed by atoms with Crippen molar-refractivity contribution >= 4 is 15.7 Å². The molecule has 5 nitrogen and oxygen atoms in total. The fourth-order valence-corrected chi connectivity index (χ4v) is 3.38. The van der Waals surface area contributed by atoms with Crippen LogP contribution in [0.25, 0.3) is 0 Å². The van der Waals surface area contributed by atoms with Crippen LogP contribution in [-0.2, 0) is 10.0 Å². The lowest BCUT2D eigenvalue weighted by molar-refractivity contribution is 0.599. The third-order valence-electron chi connectivity index (χ3n) is 2.76. The first kappa shape index (κ1) is 13.5. The van der Waals surface area contributed by atoms with Gasteiger partial charge in [0.1, 0.15) is 10.7 Å². The van der Waals surface area contributed by atoms with Crippen LogP contribution in [0.15, 0.2) is 23.1 Å². The second-order valence-corrected chi connectivity index (χ2v) is 5.95. The lowest BCUT2D eigenvalue weighted by Crippen LogP contribution is -2.15. The van der Waals surface area contributed by atoms with Gasteiger partial charge in [-0.25, -0.2) is 12.8 Å². The van der Waals surface area contributed by atoms with Crippen molar-refractivity contribution in [3.63, 3.8) is 0 Å². The maximum atomic E-state index is 13.0. The lowest BCUT2D eigenvalue weighted by atomic mass is 10.2. The fraction of sp³-hybridized carbons (Fsp3) is 0.250. The summed E-state index contributed by atoms with van der Waals surface area (Å²) in [6.07, 6.45) is 0. The number of aromatic amines is 1. The fourth-order valence-electron chi connectivity index (χ4n) is 1.87. The minimum absolute atomic E-state index is 0.122. The zero-order valence-corrected chi connectivity index (χ0v) is 11.6. The van der Waals surface area contributed by atoms with E-state index in [0.29, 0.717) is 22.6 Å². The molecule has 0 saturated carbocycles. The van der Waals surface area contributed by atoms with E-state index in [2.05, 4.69) is 14.9 Å². The van der Waals surface area contributed by atoms with Crippen molar-refractivity contribution in [1.82, 2.24) is 10.2 Å². The number of aryl methyl sites for hydroxylation is 3. The van der Waals surface area contributed by atoms with Crippen molar-refractivity contribution in [2.45, 2.75) is 25.7 Å². The Morgan fingerprint density at radius 3 is 2.47 bits per heavy atom. The Morgan fingerprint density at radius 2 is 1.95 bits per heavy atom. The maximum Gasteiger partial charge on any atom is 0.265 e. The monoisotopic (exact) mass is 283 g/mol. The molecular weight excluding hydrogens is 269 g/mol. The second kappa shape index (κ2) is 4.65. The molecule has 0 bridgehead atoms. The Kier molecular flexibility index (Phi) is 3.32. The number of benzene rings is 1. The summed E-state index contributed by atoms with van der Waals surface area (Å²) in [6.45, 7) is 4.87. The van der Waals surface area contributed by atoms with Crippen LogP contribution in [-0.4, -0.2) is 18.6 Å². The first-order valence-corrected chi connectivity index (χ1v) is 7.10. The summed E-state index contributed by atoms with van der Waals surface area (Å²) in [4.78, 5) is 0.122. The van der Waals surface area contributed by atoms with Crippen LogP contribution >= 0.6 is 0 Å². The normalized spacial score (nSPS) is 11.6. The smallest absolute Gasteiger partial charge is 0.265 e. The number of sulfonamides is 1.